The number of piperidine rings is 1. The third-order valence-electron chi connectivity index (χ3n) is 5.13. The van der Waals surface area contributed by atoms with E-state index in [4.69, 9.17) is 0 Å². The standard InChI is InChI=1S/C19H28FN3O2/c20-16-4-1-5-17(11-16)21-19(25)7-10-22-8-2-3-15(12-22)13-23-9-6-18(24)14-23/h1,4-5,11,15,18,24H,2-3,6-10,12-14H2,(H,21,25). The Morgan fingerprint density at radius 3 is 2.88 bits per heavy atom. The van der Waals surface area contributed by atoms with Gasteiger partial charge in [-0.2, -0.15) is 0 Å². The number of carbonyl (C=O) groups is 1. The lowest BCUT2D eigenvalue weighted by atomic mass is 9.97. The fourth-order valence-electron chi connectivity index (χ4n) is 3.90. The second-order valence-electron chi connectivity index (χ2n) is 7.32. The normalized spacial score (nSPS) is 25.2. The smallest absolute Gasteiger partial charge is 0.225 e. The molecule has 2 atom stereocenters. The summed E-state index contributed by atoms with van der Waals surface area (Å²) in [5.74, 6) is 0.199. The summed E-state index contributed by atoms with van der Waals surface area (Å²) in [6, 6.07) is 5.99. The van der Waals surface area contributed by atoms with Crippen LogP contribution in [0.2, 0.25) is 0 Å². The average Bonchev–Trinajstić information content (AvgIpc) is 2.98. The van der Waals surface area contributed by atoms with Crippen LogP contribution in [0.25, 0.3) is 0 Å². The summed E-state index contributed by atoms with van der Waals surface area (Å²) in [4.78, 5) is 16.8. The van der Waals surface area contributed by atoms with E-state index in [2.05, 4.69) is 15.1 Å². The average molecular weight is 349 g/mol. The molecule has 2 unspecified atom stereocenters. The molecule has 138 valence electrons. The Balaban J connectivity index is 1.39. The number of likely N-dealkylation sites (tertiary alicyclic amines) is 2. The minimum Gasteiger partial charge on any atom is -0.392 e. The van der Waals surface area contributed by atoms with E-state index in [-0.39, 0.29) is 17.8 Å². The van der Waals surface area contributed by atoms with Gasteiger partial charge in [-0.1, -0.05) is 6.07 Å². The van der Waals surface area contributed by atoms with Crippen molar-refractivity contribution in [3.05, 3.63) is 30.1 Å². The van der Waals surface area contributed by atoms with Gasteiger partial charge in [-0.15, -0.1) is 0 Å². The molecular weight excluding hydrogens is 321 g/mol. The third kappa shape index (κ3) is 5.76. The Morgan fingerprint density at radius 1 is 1.24 bits per heavy atom. The van der Waals surface area contributed by atoms with Crippen molar-refractivity contribution in [2.24, 2.45) is 5.92 Å². The summed E-state index contributed by atoms with van der Waals surface area (Å²) in [7, 11) is 0. The molecule has 2 aliphatic rings. The molecule has 2 N–H and O–H groups in total. The summed E-state index contributed by atoms with van der Waals surface area (Å²) in [6.07, 6.45) is 3.53. The van der Waals surface area contributed by atoms with Gasteiger partial charge in [0, 0.05) is 44.8 Å². The molecule has 0 radical (unpaired) electrons. The Bertz CT molecular complexity index is 584. The first-order chi connectivity index (χ1) is 12.1. The second-order valence-corrected chi connectivity index (χ2v) is 7.32. The lowest BCUT2D eigenvalue weighted by Gasteiger charge is -2.34. The molecule has 2 aliphatic heterocycles. The molecule has 1 amide bonds. The quantitative estimate of drug-likeness (QED) is 0.824. The van der Waals surface area contributed by atoms with Gasteiger partial charge in [0.15, 0.2) is 0 Å². The lowest BCUT2D eigenvalue weighted by molar-refractivity contribution is -0.116. The van der Waals surface area contributed by atoms with Crippen LogP contribution in [0.1, 0.15) is 25.7 Å². The predicted molar refractivity (Wildman–Crippen MR) is 95.9 cm³/mol. The molecule has 2 saturated heterocycles. The highest BCUT2D eigenvalue weighted by atomic mass is 19.1. The molecule has 0 saturated carbocycles. The SMILES string of the molecule is O=C(CCN1CCCC(CN2CCC(O)C2)C1)Nc1cccc(F)c1. The number of benzene rings is 1. The number of hydrogen-bond acceptors (Lipinski definition) is 4. The van der Waals surface area contributed by atoms with Gasteiger partial charge in [-0.05, 0) is 49.9 Å². The summed E-state index contributed by atoms with van der Waals surface area (Å²) in [5.41, 5.74) is 0.508. The molecule has 1 aromatic carbocycles. The van der Waals surface area contributed by atoms with E-state index < -0.39 is 0 Å². The molecule has 0 aliphatic carbocycles. The number of anilines is 1. The van der Waals surface area contributed by atoms with Crippen LogP contribution in [-0.2, 0) is 4.79 Å². The first-order valence-corrected chi connectivity index (χ1v) is 9.26. The topological polar surface area (TPSA) is 55.8 Å². The van der Waals surface area contributed by atoms with Crippen LogP contribution >= 0.6 is 0 Å². The summed E-state index contributed by atoms with van der Waals surface area (Å²) < 4.78 is 13.1. The third-order valence-corrected chi connectivity index (χ3v) is 5.13. The zero-order chi connectivity index (χ0) is 17.6. The van der Waals surface area contributed by atoms with E-state index in [1.807, 2.05) is 0 Å². The van der Waals surface area contributed by atoms with Crippen LogP contribution < -0.4 is 5.32 Å². The van der Waals surface area contributed by atoms with E-state index in [1.165, 1.54) is 18.6 Å². The van der Waals surface area contributed by atoms with E-state index in [1.54, 1.807) is 12.1 Å². The van der Waals surface area contributed by atoms with Gasteiger partial charge in [0.25, 0.3) is 0 Å². The number of β-amino-alcohol motifs (C(OH)–C–C–N with tert-alkyl or cyclic N) is 1. The van der Waals surface area contributed by atoms with Gasteiger partial charge >= 0.3 is 0 Å². The first kappa shape index (κ1) is 18.3. The van der Waals surface area contributed by atoms with Gasteiger partial charge in [0.2, 0.25) is 5.91 Å². The van der Waals surface area contributed by atoms with Gasteiger partial charge in [-0.25, -0.2) is 4.39 Å². The van der Waals surface area contributed by atoms with Crippen molar-refractivity contribution >= 4 is 11.6 Å². The first-order valence-electron chi connectivity index (χ1n) is 9.26. The highest BCUT2D eigenvalue weighted by Crippen LogP contribution is 2.20. The second kappa shape index (κ2) is 8.74. The number of hydrogen-bond donors (Lipinski definition) is 2. The number of carbonyl (C=O) groups excluding carboxylic acids is 1. The zero-order valence-corrected chi connectivity index (χ0v) is 14.7. The molecule has 0 aromatic heterocycles. The fourth-order valence-corrected chi connectivity index (χ4v) is 3.90. The van der Waals surface area contributed by atoms with Crippen molar-refractivity contribution in [3.8, 4) is 0 Å². The number of nitrogens with zero attached hydrogens (tertiary/aromatic N) is 2. The van der Waals surface area contributed by atoms with Crippen LogP contribution in [-0.4, -0.2) is 66.2 Å². The lowest BCUT2D eigenvalue weighted by Crippen LogP contribution is -2.41. The predicted octanol–water partition coefficient (Wildman–Crippen LogP) is 1.93. The van der Waals surface area contributed by atoms with Gasteiger partial charge in [0.05, 0.1) is 6.10 Å². The van der Waals surface area contributed by atoms with E-state index in [0.29, 0.717) is 18.0 Å². The van der Waals surface area contributed by atoms with Gasteiger partial charge in [0.1, 0.15) is 5.82 Å². The molecule has 0 bridgehead atoms. The summed E-state index contributed by atoms with van der Waals surface area (Å²) in [6.45, 7) is 5.62. The van der Waals surface area contributed by atoms with E-state index >= 15 is 0 Å². The van der Waals surface area contributed by atoms with Crippen LogP contribution in [0.5, 0.6) is 0 Å². The number of halogens is 1. The van der Waals surface area contributed by atoms with Crippen molar-refractivity contribution < 1.29 is 14.3 Å². The highest BCUT2D eigenvalue weighted by Gasteiger charge is 2.26. The molecule has 5 nitrogen and oxygen atoms in total. The molecule has 2 heterocycles. The molecule has 25 heavy (non-hydrogen) atoms. The fraction of sp³-hybridized carbons (Fsp3) is 0.632. The maximum Gasteiger partial charge on any atom is 0.225 e. The van der Waals surface area contributed by atoms with Crippen molar-refractivity contribution in [3.63, 3.8) is 0 Å². The highest BCUT2D eigenvalue weighted by molar-refractivity contribution is 5.90. The van der Waals surface area contributed by atoms with Crippen LogP contribution in [0.4, 0.5) is 10.1 Å². The van der Waals surface area contributed by atoms with E-state index in [0.717, 1.165) is 52.1 Å². The number of aliphatic hydroxyl groups is 1. The van der Waals surface area contributed by atoms with Gasteiger partial charge in [-0.3, -0.25) is 4.79 Å². The van der Waals surface area contributed by atoms with Crippen LogP contribution in [0.3, 0.4) is 0 Å². The Morgan fingerprint density at radius 2 is 2.12 bits per heavy atom. The molecule has 2 fully saturated rings. The summed E-state index contributed by atoms with van der Waals surface area (Å²) >= 11 is 0. The van der Waals surface area contributed by atoms with Crippen LogP contribution in [0, 0.1) is 11.7 Å². The Hall–Kier alpha value is -1.50. The molecular formula is C19H28FN3O2. The monoisotopic (exact) mass is 349 g/mol. The van der Waals surface area contributed by atoms with Crippen molar-refractivity contribution in [2.75, 3.05) is 44.6 Å². The van der Waals surface area contributed by atoms with Gasteiger partial charge < -0.3 is 20.2 Å². The van der Waals surface area contributed by atoms with Crippen molar-refractivity contribution in [2.45, 2.75) is 31.8 Å². The zero-order valence-electron chi connectivity index (χ0n) is 14.7. The van der Waals surface area contributed by atoms with Crippen molar-refractivity contribution in [1.29, 1.82) is 0 Å². The Labute approximate surface area is 148 Å². The molecule has 0 spiro atoms. The largest absolute Gasteiger partial charge is 0.392 e. The molecule has 3 rings (SSSR count). The minimum absolute atomic E-state index is 0.0737. The maximum atomic E-state index is 13.1. The van der Waals surface area contributed by atoms with Crippen LogP contribution in [0.15, 0.2) is 24.3 Å². The number of nitrogens with one attached hydrogen (secondary N) is 1. The number of amides is 1. The molecule has 1 aromatic rings. The Kier molecular flexibility index (Phi) is 6.39. The summed E-state index contributed by atoms with van der Waals surface area (Å²) in [5, 5.41) is 12.4. The maximum absolute atomic E-state index is 13.1. The van der Waals surface area contributed by atoms with Crippen molar-refractivity contribution in [1.82, 2.24) is 9.80 Å². The number of aliphatic hydroxyl groups excluding tert-OH is 1. The molecule has 6 heteroatoms. The minimum atomic E-state index is -0.344. The number of rotatable bonds is 6. The van der Waals surface area contributed by atoms with E-state index in [9.17, 15) is 14.3 Å².